The Hall–Kier alpha value is -5.97. The lowest BCUT2D eigenvalue weighted by Crippen LogP contribution is -2.55. The Labute approximate surface area is 365 Å². The molecule has 4 bridgehead atoms. The molecule has 4 fully saturated rings. The van der Waals surface area contributed by atoms with Crippen molar-refractivity contribution in [1.82, 2.24) is 15.0 Å². The van der Waals surface area contributed by atoms with Crippen LogP contribution in [-0.2, 0) is 10.8 Å². The van der Waals surface area contributed by atoms with Gasteiger partial charge in [-0.05, 0) is 157 Å². The predicted molar refractivity (Wildman–Crippen MR) is 257 cm³/mol. The highest BCUT2D eigenvalue weighted by molar-refractivity contribution is 7.04. The van der Waals surface area contributed by atoms with Crippen molar-refractivity contribution in [3.8, 4) is 67.5 Å². The molecule has 7 aromatic carbocycles. The summed E-state index contributed by atoms with van der Waals surface area (Å²) in [6.45, 7) is 9.85. The number of rotatable bonds is 3. The van der Waals surface area contributed by atoms with Gasteiger partial charge >= 0.3 is 0 Å². The summed E-state index contributed by atoms with van der Waals surface area (Å²) < 4.78 is 0. The first-order valence-corrected chi connectivity index (χ1v) is 26.1. The van der Waals surface area contributed by atoms with E-state index in [4.69, 9.17) is 15.0 Å². The zero-order valence-corrected chi connectivity index (χ0v) is 37.0. The maximum atomic E-state index is 5.42. The van der Waals surface area contributed by atoms with Crippen LogP contribution < -0.4 is 10.4 Å². The summed E-state index contributed by atoms with van der Waals surface area (Å²) in [6, 6.07) is 53.0. The number of nitrogens with zero attached hydrogens (tertiary/aromatic N) is 3. The number of hydrogen-bond acceptors (Lipinski definition) is 3. The van der Waals surface area contributed by atoms with Gasteiger partial charge in [-0.1, -0.05) is 142 Å². The van der Waals surface area contributed by atoms with Gasteiger partial charge in [0.05, 0.1) is 0 Å². The molecule has 15 rings (SSSR count). The van der Waals surface area contributed by atoms with Gasteiger partial charge in [-0.15, -0.1) is 0 Å². The molecule has 1 aliphatic heterocycles. The second-order valence-electron chi connectivity index (χ2n) is 20.9. The molecule has 0 radical (unpaired) electrons. The molecule has 8 aromatic rings. The molecule has 62 heavy (non-hydrogen) atoms. The zero-order valence-electron chi connectivity index (χ0n) is 36.0. The van der Waals surface area contributed by atoms with E-state index in [0.717, 1.165) is 46.0 Å². The van der Waals surface area contributed by atoms with Gasteiger partial charge in [-0.3, -0.25) is 0 Å². The third-order valence-corrected chi connectivity index (χ3v) is 20.6. The van der Waals surface area contributed by atoms with Crippen LogP contribution in [0.5, 0.6) is 0 Å². The van der Waals surface area contributed by atoms with E-state index in [0.29, 0.717) is 11.8 Å². The zero-order chi connectivity index (χ0) is 41.3. The average molecular weight is 816 g/mol. The van der Waals surface area contributed by atoms with Crippen LogP contribution >= 0.6 is 0 Å². The highest BCUT2D eigenvalue weighted by Crippen LogP contribution is 2.70. The Balaban J connectivity index is 0.964. The van der Waals surface area contributed by atoms with Crippen molar-refractivity contribution < 1.29 is 0 Å². The topological polar surface area (TPSA) is 38.7 Å². The largest absolute Gasteiger partial charge is 0.208 e. The molecule has 4 saturated carbocycles. The van der Waals surface area contributed by atoms with Crippen molar-refractivity contribution in [3.63, 3.8) is 0 Å². The maximum absolute atomic E-state index is 5.42. The lowest BCUT2D eigenvalue weighted by Gasteiger charge is -2.61. The van der Waals surface area contributed by atoms with Crippen molar-refractivity contribution in [2.24, 2.45) is 23.7 Å². The minimum absolute atomic E-state index is 0.00706. The third-order valence-electron chi connectivity index (χ3n) is 17.1. The van der Waals surface area contributed by atoms with E-state index in [1.54, 1.807) is 21.5 Å². The molecular weight excluding hydrogens is 767 g/mol. The second-order valence-corrected chi connectivity index (χ2v) is 25.2. The van der Waals surface area contributed by atoms with E-state index in [1.807, 2.05) is 0 Å². The number of fused-ring (bicyclic) bond motifs is 10. The second kappa shape index (κ2) is 12.1. The fraction of sp³-hybridized carbons (Fsp3) is 0.259. The van der Waals surface area contributed by atoms with Crippen molar-refractivity contribution in [3.05, 3.63) is 162 Å². The van der Waals surface area contributed by atoms with Crippen LogP contribution in [0.2, 0.25) is 13.1 Å². The summed E-state index contributed by atoms with van der Waals surface area (Å²) >= 11 is 0. The first-order chi connectivity index (χ1) is 30.2. The summed E-state index contributed by atoms with van der Waals surface area (Å²) in [4.78, 5) is 16.0. The number of hydrogen-bond donors (Lipinski definition) is 0. The third kappa shape index (κ3) is 4.58. The molecule has 1 aromatic heterocycles. The van der Waals surface area contributed by atoms with Gasteiger partial charge in [0, 0.05) is 27.5 Å². The number of benzene rings is 7. The van der Waals surface area contributed by atoms with Crippen molar-refractivity contribution in [1.29, 1.82) is 0 Å². The SMILES string of the molecule is CC1(C)c2ccccc2-c2ccc(-c3nc(-c4ccccc4)nc(-c4ccc5c(c4)C4(c6cc7c(cc6-5)[Si](C)(C)c5cc6ccccc6cc5-7)C5CC6CC(C5)CC4C6)n3)cc21. The van der Waals surface area contributed by atoms with Gasteiger partial charge in [0.1, 0.15) is 8.07 Å². The van der Waals surface area contributed by atoms with Crippen molar-refractivity contribution >= 4 is 29.2 Å². The molecule has 0 saturated heterocycles. The van der Waals surface area contributed by atoms with Gasteiger partial charge in [-0.25, -0.2) is 15.0 Å². The minimum atomic E-state index is -1.96. The molecule has 0 N–H and O–H groups in total. The summed E-state index contributed by atoms with van der Waals surface area (Å²) in [5.74, 6) is 5.26. The van der Waals surface area contributed by atoms with Gasteiger partial charge < -0.3 is 0 Å². The van der Waals surface area contributed by atoms with E-state index in [2.05, 4.69) is 166 Å². The van der Waals surface area contributed by atoms with E-state index in [-0.39, 0.29) is 10.8 Å². The first-order valence-electron chi connectivity index (χ1n) is 23.1. The van der Waals surface area contributed by atoms with Gasteiger partial charge in [-0.2, -0.15) is 0 Å². The fourth-order valence-corrected chi connectivity index (χ4v) is 17.5. The molecule has 3 nitrogen and oxygen atoms in total. The molecule has 0 atom stereocenters. The summed E-state index contributed by atoms with van der Waals surface area (Å²) in [6.07, 6.45) is 6.83. The Morgan fingerprint density at radius 1 is 0.419 bits per heavy atom. The highest BCUT2D eigenvalue weighted by atomic mass is 28.3. The van der Waals surface area contributed by atoms with Crippen LogP contribution in [0.15, 0.2) is 140 Å². The van der Waals surface area contributed by atoms with E-state index in [9.17, 15) is 0 Å². The lowest BCUT2D eigenvalue weighted by molar-refractivity contribution is -0.0399. The van der Waals surface area contributed by atoms with Crippen molar-refractivity contribution in [2.75, 3.05) is 0 Å². The lowest BCUT2D eigenvalue weighted by atomic mass is 9.43. The van der Waals surface area contributed by atoms with E-state index < -0.39 is 8.07 Å². The van der Waals surface area contributed by atoms with Crippen LogP contribution in [0.1, 0.15) is 68.2 Å². The van der Waals surface area contributed by atoms with Crippen molar-refractivity contribution in [2.45, 2.75) is 69.9 Å². The first kappa shape index (κ1) is 35.6. The average Bonchev–Trinajstić information content (AvgIpc) is 3.80. The Morgan fingerprint density at radius 2 is 0.935 bits per heavy atom. The molecule has 6 aliphatic carbocycles. The number of aromatic nitrogens is 3. The maximum Gasteiger partial charge on any atom is 0.164 e. The standard InChI is InChI=1S/C58H49N3Si/c1-57(2)48-17-11-10-16-42(48)43-20-18-38(28-49(43)57)55-59-54(35-12-6-5-7-13-35)60-56(61-55)39-19-21-44-45-32-53-47(46-27-36-14-8-9-15-37(36)30-52(46)62(53,3)4)31-51(45)58(50(44)29-39)40-23-33-22-34(25-40)26-41(58)24-33/h5-21,27-34,40-41H,22-26H2,1-4H3. The predicted octanol–water partition coefficient (Wildman–Crippen LogP) is 12.9. The summed E-state index contributed by atoms with van der Waals surface area (Å²) in [5, 5.41) is 5.92. The molecule has 4 heteroatoms. The van der Waals surface area contributed by atoms with Gasteiger partial charge in [0.15, 0.2) is 17.5 Å². The minimum Gasteiger partial charge on any atom is -0.208 e. The van der Waals surface area contributed by atoms with Crippen LogP contribution in [0, 0.1) is 23.7 Å². The Morgan fingerprint density at radius 3 is 1.63 bits per heavy atom. The van der Waals surface area contributed by atoms with E-state index in [1.165, 1.54) is 87.4 Å². The molecule has 300 valence electrons. The Kier molecular flexibility index (Phi) is 6.97. The fourth-order valence-electron chi connectivity index (χ4n) is 14.4. The van der Waals surface area contributed by atoms with Crippen LogP contribution in [-0.4, -0.2) is 23.0 Å². The summed E-state index contributed by atoms with van der Waals surface area (Å²) in [5.41, 5.74) is 17.5. The molecule has 1 spiro atoms. The Bertz CT molecular complexity index is 3240. The normalized spacial score (nSPS) is 24.5. The highest BCUT2D eigenvalue weighted by Gasteiger charge is 2.62. The van der Waals surface area contributed by atoms with E-state index >= 15 is 0 Å². The van der Waals surface area contributed by atoms with Gasteiger partial charge in [0.2, 0.25) is 0 Å². The van der Waals surface area contributed by atoms with Crippen LogP contribution in [0.4, 0.5) is 0 Å². The van der Waals surface area contributed by atoms with Crippen LogP contribution in [0.25, 0.3) is 78.3 Å². The molecule has 0 amide bonds. The van der Waals surface area contributed by atoms with Crippen LogP contribution in [0.3, 0.4) is 0 Å². The monoisotopic (exact) mass is 815 g/mol. The quantitative estimate of drug-likeness (QED) is 0.167. The molecule has 2 heterocycles. The summed E-state index contributed by atoms with van der Waals surface area (Å²) in [7, 11) is -1.96. The molecule has 0 unspecified atom stereocenters. The molecular formula is C58H49N3Si. The smallest absolute Gasteiger partial charge is 0.164 e. The van der Waals surface area contributed by atoms with Gasteiger partial charge in [0.25, 0.3) is 0 Å². The molecule has 7 aliphatic rings.